The predicted molar refractivity (Wildman–Crippen MR) is 73.1 cm³/mol. The molecule has 0 aliphatic heterocycles. The fourth-order valence-corrected chi connectivity index (χ4v) is 2.20. The molecule has 0 saturated carbocycles. The van der Waals surface area contributed by atoms with Crippen LogP contribution in [0.3, 0.4) is 0 Å². The van der Waals surface area contributed by atoms with Gasteiger partial charge in [0.05, 0.1) is 17.2 Å². The van der Waals surface area contributed by atoms with Crippen LogP contribution in [0.5, 0.6) is 0 Å². The number of nitrogens with one attached hydrogen (secondary N) is 2. The number of hydrogen-bond acceptors (Lipinski definition) is 2. The summed E-state index contributed by atoms with van der Waals surface area (Å²) in [6, 6.07) is 1.48. The number of halogens is 3. The third kappa shape index (κ3) is 4.53. The minimum absolute atomic E-state index is 0.114. The number of urea groups is 1. The Morgan fingerprint density at radius 3 is 2.63 bits per heavy atom. The maximum Gasteiger partial charge on any atom is 0.315 e. The largest absolute Gasteiger partial charge is 0.392 e. The van der Waals surface area contributed by atoms with Crippen LogP contribution in [0.25, 0.3) is 0 Å². The Morgan fingerprint density at radius 1 is 1.42 bits per heavy atom. The standard InChI is InChI=1S/C12H15Cl2FN2O2/c1-6(18)5-16-12(19)17-7(2)10-8(13)3-4-9(15)11(10)14/h3-4,6-7,18H,5H2,1-2H3,(H2,16,17,19)/t6-,7?/m1/s1. The summed E-state index contributed by atoms with van der Waals surface area (Å²) in [4.78, 5) is 11.5. The van der Waals surface area contributed by atoms with Crippen molar-refractivity contribution in [3.63, 3.8) is 0 Å². The van der Waals surface area contributed by atoms with E-state index in [1.54, 1.807) is 13.8 Å². The Hall–Kier alpha value is -1.04. The maximum absolute atomic E-state index is 13.4. The molecule has 1 rings (SSSR count). The van der Waals surface area contributed by atoms with E-state index >= 15 is 0 Å². The molecule has 0 aliphatic carbocycles. The smallest absolute Gasteiger partial charge is 0.315 e. The second-order valence-electron chi connectivity index (χ2n) is 4.18. The van der Waals surface area contributed by atoms with Crippen molar-refractivity contribution in [2.24, 2.45) is 0 Å². The van der Waals surface area contributed by atoms with Gasteiger partial charge in [-0.2, -0.15) is 0 Å². The lowest BCUT2D eigenvalue weighted by Crippen LogP contribution is -2.40. The Morgan fingerprint density at radius 2 is 2.05 bits per heavy atom. The van der Waals surface area contributed by atoms with Gasteiger partial charge in [-0.1, -0.05) is 23.2 Å². The lowest BCUT2D eigenvalue weighted by atomic mass is 10.1. The Kier molecular flexibility index (Phi) is 5.85. The van der Waals surface area contributed by atoms with Crippen LogP contribution in [0, 0.1) is 5.82 Å². The van der Waals surface area contributed by atoms with E-state index in [4.69, 9.17) is 28.3 Å². The maximum atomic E-state index is 13.4. The van der Waals surface area contributed by atoms with Crippen molar-refractivity contribution in [3.05, 3.63) is 33.6 Å². The number of aliphatic hydroxyl groups excluding tert-OH is 1. The van der Waals surface area contributed by atoms with E-state index in [1.165, 1.54) is 6.07 Å². The number of rotatable bonds is 4. The minimum atomic E-state index is -0.651. The van der Waals surface area contributed by atoms with Crippen LogP contribution in [0.2, 0.25) is 10.0 Å². The van der Waals surface area contributed by atoms with Crippen LogP contribution in [0.1, 0.15) is 25.5 Å². The molecule has 0 bridgehead atoms. The van der Waals surface area contributed by atoms with Gasteiger partial charge in [-0.3, -0.25) is 0 Å². The van der Waals surface area contributed by atoms with Gasteiger partial charge >= 0.3 is 6.03 Å². The van der Waals surface area contributed by atoms with E-state index < -0.39 is 24.0 Å². The van der Waals surface area contributed by atoms with Crippen molar-refractivity contribution in [2.45, 2.75) is 26.0 Å². The van der Waals surface area contributed by atoms with E-state index in [0.717, 1.165) is 6.07 Å². The molecule has 0 spiro atoms. The highest BCUT2D eigenvalue weighted by atomic mass is 35.5. The van der Waals surface area contributed by atoms with E-state index in [2.05, 4.69) is 10.6 Å². The molecule has 2 atom stereocenters. The highest BCUT2D eigenvalue weighted by Gasteiger charge is 2.18. The van der Waals surface area contributed by atoms with Gasteiger partial charge < -0.3 is 15.7 Å². The number of carbonyl (C=O) groups excluding carboxylic acids is 1. The SMILES string of the molecule is CC(NC(=O)NC[C@@H](C)O)c1c(Cl)ccc(F)c1Cl. The monoisotopic (exact) mass is 308 g/mol. The molecule has 2 amide bonds. The van der Waals surface area contributed by atoms with Gasteiger partial charge in [-0.25, -0.2) is 9.18 Å². The minimum Gasteiger partial charge on any atom is -0.392 e. The van der Waals surface area contributed by atoms with E-state index in [9.17, 15) is 9.18 Å². The Bertz CT molecular complexity index is 469. The molecule has 3 N–H and O–H groups in total. The van der Waals surface area contributed by atoms with Crippen molar-refractivity contribution >= 4 is 29.2 Å². The van der Waals surface area contributed by atoms with Crippen molar-refractivity contribution in [3.8, 4) is 0 Å². The molecule has 19 heavy (non-hydrogen) atoms. The van der Waals surface area contributed by atoms with E-state index in [0.29, 0.717) is 5.56 Å². The Labute approximate surface area is 120 Å². The van der Waals surface area contributed by atoms with Crippen molar-refractivity contribution in [1.82, 2.24) is 10.6 Å². The molecule has 1 aromatic rings. The van der Waals surface area contributed by atoms with Gasteiger partial charge in [-0.15, -0.1) is 0 Å². The van der Waals surface area contributed by atoms with Crippen LogP contribution in [-0.4, -0.2) is 23.8 Å². The molecule has 0 aliphatic rings. The third-order valence-electron chi connectivity index (χ3n) is 2.42. The fourth-order valence-electron chi connectivity index (χ4n) is 1.50. The normalized spacial score (nSPS) is 13.8. The zero-order chi connectivity index (χ0) is 14.6. The summed E-state index contributed by atoms with van der Waals surface area (Å²) in [5, 5.41) is 14.2. The molecule has 0 radical (unpaired) electrons. The summed E-state index contributed by atoms with van der Waals surface area (Å²) in [5.41, 5.74) is 0.315. The van der Waals surface area contributed by atoms with Crippen LogP contribution in [0.15, 0.2) is 12.1 Å². The molecule has 0 aromatic heterocycles. The Balaban J connectivity index is 2.76. The topological polar surface area (TPSA) is 61.4 Å². The molecular formula is C12H15Cl2FN2O2. The first kappa shape index (κ1) is 16.0. The molecule has 1 aromatic carbocycles. The zero-order valence-corrected chi connectivity index (χ0v) is 12.0. The number of aliphatic hydroxyl groups is 1. The van der Waals surface area contributed by atoms with Crippen LogP contribution in [0.4, 0.5) is 9.18 Å². The lowest BCUT2D eigenvalue weighted by molar-refractivity contribution is 0.187. The fraction of sp³-hybridized carbons (Fsp3) is 0.417. The van der Waals surface area contributed by atoms with Crippen LogP contribution < -0.4 is 10.6 Å². The molecular weight excluding hydrogens is 294 g/mol. The molecule has 0 heterocycles. The number of hydrogen-bond donors (Lipinski definition) is 3. The first-order chi connectivity index (χ1) is 8.82. The second-order valence-corrected chi connectivity index (χ2v) is 4.97. The quantitative estimate of drug-likeness (QED) is 0.749. The summed E-state index contributed by atoms with van der Waals surface area (Å²) >= 11 is 11.8. The summed E-state index contributed by atoms with van der Waals surface area (Å²) in [7, 11) is 0. The lowest BCUT2D eigenvalue weighted by Gasteiger charge is -2.18. The summed E-state index contributed by atoms with van der Waals surface area (Å²) < 4.78 is 13.4. The van der Waals surface area contributed by atoms with Crippen LogP contribution in [-0.2, 0) is 0 Å². The first-order valence-corrected chi connectivity index (χ1v) is 6.44. The zero-order valence-electron chi connectivity index (χ0n) is 10.5. The molecule has 0 saturated heterocycles. The van der Waals surface area contributed by atoms with Crippen molar-refractivity contribution in [2.75, 3.05) is 6.54 Å². The highest BCUT2D eigenvalue weighted by Crippen LogP contribution is 2.32. The van der Waals surface area contributed by atoms with Crippen molar-refractivity contribution < 1.29 is 14.3 Å². The molecule has 1 unspecified atom stereocenters. The predicted octanol–water partition coefficient (Wildman–Crippen LogP) is 2.87. The molecule has 0 fully saturated rings. The second kappa shape index (κ2) is 6.93. The third-order valence-corrected chi connectivity index (χ3v) is 3.13. The highest BCUT2D eigenvalue weighted by molar-refractivity contribution is 6.36. The van der Waals surface area contributed by atoms with E-state index in [1.807, 2.05) is 0 Å². The summed E-state index contributed by atoms with van der Waals surface area (Å²) in [5.74, 6) is -0.598. The van der Waals surface area contributed by atoms with Crippen molar-refractivity contribution in [1.29, 1.82) is 0 Å². The van der Waals surface area contributed by atoms with Gasteiger partial charge in [0.2, 0.25) is 0 Å². The van der Waals surface area contributed by atoms with Crippen LogP contribution >= 0.6 is 23.2 Å². The summed E-state index contributed by atoms with van der Waals surface area (Å²) in [6.45, 7) is 3.29. The average molecular weight is 309 g/mol. The molecule has 4 nitrogen and oxygen atoms in total. The van der Waals surface area contributed by atoms with E-state index in [-0.39, 0.29) is 16.6 Å². The summed E-state index contributed by atoms with van der Waals surface area (Å²) in [6.07, 6.45) is -0.651. The van der Waals surface area contributed by atoms with Gasteiger partial charge in [-0.05, 0) is 26.0 Å². The van der Waals surface area contributed by atoms with Gasteiger partial charge in [0, 0.05) is 17.1 Å². The first-order valence-electron chi connectivity index (χ1n) is 5.68. The number of benzene rings is 1. The van der Waals surface area contributed by atoms with Gasteiger partial charge in [0.15, 0.2) is 0 Å². The molecule has 7 heteroatoms. The average Bonchev–Trinajstić information content (AvgIpc) is 2.32. The molecule has 106 valence electrons. The number of carbonyl (C=O) groups is 1. The van der Waals surface area contributed by atoms with Gasteiger partial charge in [0.1, 0.15) is 5.82 Å². The number of amides is 2. The van der Waals surface area contributed by atoms with Gasteiger partial charge in [0.25, 0.3) is 0 Å².